The van der Waals surface area contributed by atoms with Crippen LogP contribution in [0.15, 0.2) is 53.3 Å². The third-order valence-corrected chi connectivity index (χ3v) is 5.75. The maximum absolute atomic E-state index is 13.5. The van der Waals surface area contributed by atoms with Crippen molar-refractivity contribution in [3.05, 3.63) is 64.7 Å². The number of nitrogens with one attached hydrogen (secondary N) is 1. The van der Waals surface area contributed by atoms with Gasteiger partial charge in [0.05, 0.1) is 11.0 Å². The molecule has 0 radical (unpaired) electrons. The SMILES string of the molecule is CC(=O)N(c1nc2ccccc2n(CC(=O)Nc2cccc(F)c2)c1=O)C1CCCCC1. The van der Waals surface area contributed by atoms with Gasteiger partial charge in [0.15, 0.2) is 0 Å². The summed E-state index contributed by atoms with van der Waals surface area (Å²) in [5.41, 5.74) is 0.804. The molecule has 1 aromatic heterocycles. The van der Waals surface area contributed by atoms with Gasteiger partial charge in [-0.25, -0.2) is 9.37 Å². The minimum Gasteiger partial charge on any atom is -0.324 e. The molecular formula is C24H25FN4O3. The number of fused-ring (bicyclic) bond motifs is 1. The molecule has 0 unspecified atom stereocenters. The normalized spacial score (nSPS) is 14.3. The summed E-state index contributed by atoms with van der Waals surface area (Å²) in [7, 11) is 0. The third kappa shape index (κ3) is 4.54. The van der Waals surface area contributed by atoms with Gasteiger partial charge in [-0.15, -0.1) is 0 Å². The van der Waals surface area contributed by atoms with Crippen molar-refractivity contribution in [3.8, 4) is 0 Å². The van der Waals surface area contributed by atoms with Crippen LogP contribution in [0.5, 0.6) is 0 Å². The number of hydrogen-bond acceptors (Lipinski definition) is 4. The summed E-state index contributed by atoms with van der Waals surface area (Å²) in [4.78, 5) is 44.8. The zero-order chi connectivity index (χ0) is 22.7. The largest absolute Gasteiger partial charge is 0.324 e. The van der Waals surface area contributed by atoms with Crippen molar-refractivity contribution in [3.63, 3.8) is 0 Å². The van der Waals surface area contributed by atoms with Crippen molar-refractivity contribution in [1.82, 2.24) is 9.55 Å². The second kappa shape index (κ2) is 9.30. The van der Waals surface area contributed by atoms with Gasteiger partial charge in [0.1, 0.15) is 12.4 Å². The first-order valence-corrected chi connectivity index (χ1v) is 10.8. The van der Waals surface area contributed by atoms with E-state index in [2.05, 4.69) is 10.3 Å². The second-order valence-corrected chi connectivity index (χ2v) is 8.05. The summed E-state index contributed by atoms with van der Waals surface area (Å²) in [5.74, 6) is -1.15. The quantitative estimate of drug-likeness (QED) is 0.658. The first-order chi connectivity index (χ1) is 15.4. The predicted molar refractivity (Wildman–Crippen MR) is 121 cm³/mol. The van der Waals surface area contributed by atoms with Crippen molar-refractivity contribution >= 4 is 34.4 Å². The van der Waals surface area contributed by atoms with Gasteiger partial charge in [-0.1, -0.05) is 37.5 Å². The number of amides is 2. The molecular weight excluding hydrogens is 411 g/mol. The van der Waals surface area contributed by atoms with E-state index in [1.165, 1.54) is 34.6 Å². The Bertz CT molecular complexity index is 1220. The molecule has 1 heterocycles. The van der Waals surface area contributed by atoms with E-state index < -0.39 is 17.3 Å². The van der Waals surface area contributed by atoms with Crippen LogP contribution in [0.3, 0.4) is 0 Å². The van der Waals surface area contributed by atoms with E-state index in [1.807, 2.05) is 0 Å². The monoisotopic (exact) mass is 436 g/mol. The molecule has 1 aliphatic carbocycles. The second-order valence-electron chi connectivity index (χ2n) is 8.05. The number of nitrogens with zero attached hydrogens (tertiary/aromatic N) is 3. The Balaban J connectivity index is 1.74. The highest BCUT2D eigenvalue weighted by atomic mass is 19.1. The number of hydrogen-bond donors (Lipinski definition) is 1. The summed E-state index contributed by atoms with van der Waals surface area (Å²) in [6, 6.07) is 12.5. The van der Waals surface area contributed by atoms with Crippen LogP contribution in [-0.2, 0) is 16.1 Å². The number of para-hydroxylation sites is 2. The Morgan fingerprint density at radius 2 is 1.88 bits per heavy atom. The molecule has 8 heteroatoms. The third-order valence-electron chi connectivity index (χ3n) is 5.75. The maximum Gasteiger partial charge on any atom is 0.294 e. The molecule has 1 fully saturated rings. The van der Waals surface area contributed by atoms with E-state index >= 15 is 0 Å². The molecule has 0 bridgehead atoms. The molecule has 2 amide bonds. The molecule has 0 spiro atoms. The Hall–Kier alpha value is -3.55. The van der Waals surface area contributed by atoms with Crippen LogP contribution in [0.4, 0.5) is 15.9 Å². The molecule has 1 saturated carbocycles. The first-order valence-electron chi connectivity index (χ1n) is 10.8. The molecule has 7 nitrogen and oxygen atoms in total. The highest BCUT2D eigenvalue weighted by molar-refractivity contribution is 5.93. The molecule has 2 aromatic carbocycles. The van der Waals surface area contributed by atoms with E-state index in [0.717, 1.165) is 32.1 Å². The van der Waals surface area contributed by atoms with Gasteiger partial charge in [0, 0.05) is 18.7 Å². The average Bonchev–Trinajstić information content (AvgIpc) is 2.77. The van der Waals surface area contributed by atoms with E-state index in [9.17, 15) is 18.8 Å². The predicted octanol–water partition coefficient (Wildman–Crippen LogP) is 3.86. The van der Waals surface area contributed by atoms with Gasteiger partial charge >= 0.3 is 0 Å². The first kappa shape index (κ1) is 21.7. The number of aromatic nitrogens is 2. The summed E-state index contributed by atoms with van der Waals surface area (Å²) in [5, 5.41) is 2.62. The average molecular weight is 436 g/mol. The van der Waals surface area contributed by atoms with Gasteiger partial charge < -0.3 is 5.32 Å². The molecule has 0 saturated heterocycles. The molecule has 1 aliphatic rings. The topological polar surface area (TPSA) is 84.3 Å². The number of halogens is 1. The summed E-state index contributed by atoms with van der Waals surface area (Å²) in [6.07, 6.45) is 4.72. The van der Waals surface area contributed by atoms with Crippen LogP contribution in [-0.4, -0.2) is 27.4 Å². The van der Waals surface area contributed by atoms with Gasteiger partial charge in [-0.2, -0.15) is 0 Å². The fraction of sp³-hybridized carbons (Fsp3) is 0.333. The number of rotatable bonds is 5. The maximum atomic E-state index is 13.5. The molecule has 4 rings (SSSR count). The summed E-state index contributed by atoms with van der Waals surface area (Å²) < 4.78 is 14.8. The Kier molecular flexibility index (Phi) is 6.30. The van der Waals surface area contributed by atoms with Gasteiger partial charge in [-0.3, -0.25) is 23.9 Å². The molecule has 0 aliphatic heterocycles. The standard InChI is InChI=1S/C24H25FN4O3/c1-16(30)29(19-10-3-2-4-11-19)23-24(32)28(21-13-6-5-12-20(21)27-23)15-22(31)26-18-9-7-8-17(25)14-18/h5-9,12-14,19H,2-4,10-11,15H2,1H3,(H,26,31). The van der Waals surface area contributed by atoms with E-state index in [4.69, 9.17) is 0 Å². The van der Waals surface area contributed by atoms with Crippen LogP contribution in [0, 0.1) is 5.82 Å². The molecule has 3 aromatic rings. The molecule has 166 valence electrons. The summed E-state index contributed by atoms with van der Waals surface area (Å²) in [6.45, 7) is 1.15. The molecule has 0 atom stereocenters. The van der Waals surface area contributed by atoms with Crippen molar-refractivity contribution in [1.29, 1.82) is 0 Å². The highest BCUT2D eigenvalue weighted by Gasteiger charge is 2.29. The lowest BCUT2D eigenvalue weighted by Gasteiger charge is -2.32. The van der Waals surface area contributed by atoms with E-state index in [1.54, 1.807) is 30.3 Å². The van der Waals surface area contributed by atoms with E-state index in [-0.39, 0.29) is 24.3 Å². The van der Waals surface area contributed by atoms with Gasteiger partial charge in [0.25, 0.3) is 5.56 Å². The lowest BCUT2D eigenvalue weighted by Crippen LogP contribution is -2.45. The molecule has 32 heavy (non-hydrogen) atoms. The smallest absolute Gasteiger partial charge is 0.294 e. The van der Waals surface area contributed by atoms with E-state index in [0.29, 0.717) is 16.7 Å². The number of carbonyl (C=O) groups excluding carboxylic acids is 2. The van der Waals surface area contributed by atoms with Gasteiger partial charge in [-0.05, 0) is 43.2 Å². The summed E-state index contributed by atoms with van der Waals surface area (Å²) >= 11 is 0. The van der Waals surface area contributed by atoms with Crippen LogP contribution in [0.2, 0.25) is 0 Å². The van der Waals surface area contributed by atoms with Crippen molar-refractivity contribution < 1.29 is 14.0 Å². The fourth-order valence-corrected chi connectivity index (χ4v) is 4.32. The number of anilines is 2. The minimum absolute atomic E-state index is 0.0432. The number of carbonyl (C=O) groups is 2. The fourth-order valence-electron chi connectivity index (χ4n) is 4.32. The van der Waals surface area contributed by atoms with Crippen molar-refractivity contribution in [2.45, 2.75) is 51.6 Å². The highest BCUT2D eigenvalue weighted by Crippen LogP contribution is 2.26. The zero-order valence-corrected chi connectivity index (χ0v) is 17.9. The Morgan fingerprint density at radius 1 is 1.12 bits per heavy atom. The van der Waals surface area contributed by atoms with Crippen molar-refractivity contribution in [2.24, 2.45) is 0 Å². The lowest BCUT2D eigenvalue weighted by atomic mass is 9.94. The Labute approximate surface area is 184 Å². The lowest BCUT2D eigenvalue weighted by molar-refractivity contribution is -0.117. The molecule has 1 N–H and O–H groups in total. The Morgan fingerprint density at radius 3 is 2.59 bits per heavy atom. The number of benzene rings is 2. The zero-order valence-electron chi connectivity index (χ0n) is 17.9. The van der Waals surface area contributed by atoms with Gasteiger partial charge in [0.2, 0.25) is 17.6 Å². The van der Waals surface area contributed by atoms with Crippen molar-refractivity contribution in [2.75, 3.05) is 10.2 Å². The van der Waals surface area contributed by atoms with Crippen LogP contribution < -0.4 is 15.8 Å². The van der Waals surface area contributed by atoms with Crippen LogP contribution in [0.25, 0.3) is 11.0 Å². The van der Waals surface area contributed by atoms with Crippen LogP contribution >= 0.6 is 0 Å². The van der Waals surface area contributed by atoms with Crippen LogP contribution in [0.1, 0.15) is 39.0 Å². The minimum atomic E-state index is -0.501.